The van der Waals surface area contributed by atoms with E-state index in [0.717, 1.165) is 46.7 Å². The first kappa shape index (κ1) is 29.3. The molecular formula is C32H39N3O4S. The lowest BCUT2D eigenvalue weighted by Crippen LogP contribution is -2.53. The van der Waals surface area contributed by atoms with Crippen LogP contribution >= 0.6 is 0 Å². The fraction of sp³-hybridized carbons (Fsp3) is 0.375. The van der Waals surface area contributed by atoms with Gasteiger partial charge in [0.15, 0.2) is 0 Å². The summed E-state index contributed by atoms with van der Waals surface area (Å²) in [5.74, 6) is -0.674. The number of carbonyl (C=O) groups excluding carboxylic acids is 2. The summed E-state index contributed by atoms with van der Waals surface area (Å²) in [6, 6.07) is 22.4. The molecule has 0 bridgehead atoms. The standard InChI is InChI=1S/C32H39N3O4S/c1-24-17-19-30(20-18-24)40(38,39)35(29-16-10-11-25(2)21-29)23-31(36)34(22-27-12-6-4-7-13-27)26(3)32(37)33-28-14-8-5-9-15-28/h4,6-7,10-13,16-21,26,28H,5,8-9,14-15,22-23H2,1-3H3,(H,33,37)/t26-/m1/s1. The zero-order valence-electron chi connectivity index (χ0n) is 23.5. The van der Waals surface area contributed by atoms with Crippen LogP contribution in [0, 0.1) is 13.8 Å². The zero-order chi connectivity index (χ0) is 28.7. The number of rotatable bonds is 10. The average molecular weight is 562 g/mol. The number of hydrogen-bond acceptors (Lipinski definition) is 4. The van der Waals surface area contributed by atoms with Crippen molar-refractivity contribution in [2.45, 2.75) is 76.4 Å². The summed E-state index contributed by atoms with van der Waals surface area (Å²) in [4.78, 5) is 29.0. The van der Waals surface area contributed by atoms with Gasteiger partial charge < -0.3 is 10.2 Å². The Labute approximate surface area is 238 Å². The molecule has 0 spiro atoms. The smallest absolute Gasteiger partial charge is 0.264 e. The van der Waals surface area contributed by atoms with Gasteiger partial charge in [0, 0.05) is 12.6 Å². The molecule has 1 saturated carbocycles. The maximum atomic E-state index is 14.0. The van der Waals surface area contributed by atoms with Crippen LogP contribution in [0.1, 0.15) is 55.7 Å². The van der Waals surface area contributed by atoms with Gasteiger partial charge in [-0.05, 0) is 69.0 Å². The van der Waals surface area contributed by atoms with E-state index in [9.17, 15) is 18.0 Å². The molecule has 0 radical (unpaired) electrons. The Hall–Kier alpha value is -3.65. The van der Waals surface area contributed by atoms with Crippen LogP contribution in [0.3, 0.4) is 0 Å². The fourth-order valence-corrected chi connectivity index (χ4v) is 6.49. The van der Waals surface area contributed by atoms with E-state index in [1.165, 1.54) is 11.3 Å². The number of amides is 2. The second kappa shape index (κ2) is 13.1. The van der Waals surface area contributed by atoms with Crippen LogP contribution in [-0.4, -0.2) is 43.8 Å². The van der Waals surface area contributed by atoms with Crippen LogP contribution in [0.25, 0.3) is 0 Å². The van der Waals surface area contributed by atoms with Crippen LogP contribution in [0.2, 0.25) is 0 Å². The Morgan fingerprint density at radius 2 is 1.55 bits per heavy atom. The minimum Gasteiger partial charge on any atom is -0.352 e. The summed E-state index contributed by atoms with van der Waals surface area (Å²) >= 11 is 0. The van der Waals surface area contributed by atoms with Crippen molar-refractivity contribution in [3.63, 3.8) is 0 Å². The van der Waals surface area contributed by atoms with Crippen molar-refractivity contribution < 1.29 is 18.0 Å². The van der Waals surface area contributed by atoms with E-state index in [1.807, 2.05) is 50.2 Å². The normalized spacial score (nSPS) is 14.8. The number of sulfonamides is 1. The molecule has 8 heteroatoms. The molecule has 1 fully saturated rings. The van der Waals surface area contributed by atoms with Crippen molar-refractivity contribution in [2.24, 2.45) is 0 Å². The van der Waals surface area contributed by atoms with Gasteiger partial charge >= 0.3 is 0 Å². The highest BCUT2D eigenvalue weighted by molar-refractivity contribution is 7.92. The van der Waals surface area contributed by atoms with Crippen molar-refractivity contribution in [1.82, 2.24) is 10.2 Å². The highest BCUT2D eigenvalue weighted by Crippen LogP contribution is 2.26. The summed E-state index contributed by atoms with van der Waals surface area (Å²) in [5.41, 5.74) is 3.06. The summed E-state index contributed by atoms with van der Waals surface area (Å²) in [6.07, 6.45) is 5.19. The minimum absolute atomic E-state index is 0.100. The van der Waals surface area contributed by atoms with Gasteiger partial charge in [-0.25, -0.2) is 8.42 Å². The van der Waals surface area contributed by atoms with E-state index < -0.39 is 28.5 Å². The first-order valence-corrected chi connectivity index (χ1v) is 15.4. The monoisotopic (exact) mass is 561 g/mol. The fourth-order valence-electron chi connectivity index (χ4n) is 5.08. The molecule has 7 nitrogen and oxygen atoms in total. The lowest BCUT2D eigenvalue weighted by Gasteiger charge is -2.33. The molecule has 0 saturated heterocycles. The van der Waals surface area contributed by atoms with E-state index in [1.54, 1.807) is 49.4 Å². The number of nitrogens with zero attached hydrogens (tertiary/aromatic N) is 2. The molecule has 1 atom stereocenters. The van der Waals surface area contributed by atoms with Crippen molar-refractivity contribution in [3.05, 3.63) is 95.6 Å². The number of nitrogens with one attached hydrogen (secondary N) is 1. The van der Waals surface area contributed by atoms with Gasteiger partial charge in [-0.1, -0.05) is 79.4 Å². The summed E-state index contributed by atoms with van der Waals surface area (Å²) < 4.78 is 29.0. The van der Waals surface area contributed by atoms with Gasteiger partial charge in [-0.2, -0.15) is 0 Å². The molecule has 2 amide bonds. The van der Waals surface area contributed by atoms with E-state index >= 15 is 0 Å². The Morgan fingerprint density at radius 3 is 2.20 bits per heavy atom. The summed E-state index contributed by atoms with van der Waals surface area (Å²) in [6.45, 7) is 5.23. The maximum Gasteiger partial charge on any atom is 0.264 e. The van der Waals surface area contributed by atoms with Gasteiger partial charge in [-0.15, -0.1) is 0 Å². The topological polar surface area (TPSA) is 86.8 Å². The molecule has 0 aromatic heterocycles. The second-order valence-corrected chi connectivity index (χ2v) is 12.6. The first-order chi connectivity index (χ1) is 19.1. The lowest BCUT2D eigenvalue weighted by atomic mass is 9.95. The van der Waals surface area contributed by atoms with E-state index in [0.29, 0.717) is 5.69 Å². The lowest BCUT2D eigenvalue weighted by molar-refractivity contribution is -0.139. The van der Waals surface area contributed by atoms with Crippen LogP contribution < -0.4 is 9.62 Å². The van der Waals surface area contributed by atoms with Crippen molar-refractivity contribution >= 4 is 27.5 Å². The van der Waals surface area contributed by atoms with Gasteiger partial charge in [-0.3, -0.25) is 13.9 Å². The van der Waals surface area contributed by atoms with Crippen LogP contribution in [0.5, 0.6) is 0 Å². The third-order valence-corrected chi connectivity index (χ3v) is 9.28. The predicted octanol–water partition coefficient (Wildman–Crippen LogP) is 5.36. The molecule has 3 aromatic rings. The van der Waals surface area contributed by atoms with Crippen LogP contribution in [0.15, 0.2) is 83.8 Å². The highest BCUT2D eigenvalue weighted by atomic mass is 32.2. The Balaban J connectivity index is 1.66. The van der Waals surface area contributed by atoms with E-state index in [-0.39, 0.29) is 23.4 Å². The van der Waals surface area contributed by atoms with E-state index in [4.69, 9.17) is 0 Å². The molecule has 0 unspecified atom stereocenters. The molecular weight excluding hydrogens is 522 g/mol. The Bertz CT molecular complexity index is 1400. The van der Waals surface area contributed by atoms with E-state index in [2.05, 4.69) is 5.32 Å². The van der Waals surface area contributed by atoms with Gasteiger partial charge in [0.2, 0.25) is 11.8 Å². The Morgan fingerprint density at radius 1 is 0.875 bits per heavy atom. The minimum atomic E-state index is -4.07. The molecule has 4 rings (SSSR count). The zero-order valence-corrected chi connectivity index (χ0v) is 24.4. The quantitative estimate of drug-likeness (QED) is 0.361. The Kier molecular flexibility index (Phi) is 9.63. The number of aryl methyl sites for hydroxylation is 2. The number of benzene rings is 3. The van der Waals surface area contributed by atoms with Crippen LogP contribution in [-0.2, 0) is 26.2 Å². The van der Waals surface area contributed by atoms with Crippen LogP contribution in [0.4, 0.5) is 5.69 Å². The summed E-state index contributed by atoms with van der Waals surface area (Å²) in [7, 11) is -4.07. The maximum absolute atomic E-state index is 14.0. The number of hydrogen-bond donors (Lipinski definition) is 1. The predicted molar refractivity (Wildman–Crippen MR) is 158 cm³/mol. The average Bonchev–Trinajstić information content (AvgIpc) is 2.95. The number of carbonyl (C=O) groups is 2. The van der Waals surface area contributed by atoms with Gasteiger partial charge in [0.05, 0.1) is 10.6 Å². The van der Waals surface area contributed by atoms with Gasteiger partial charge in [0.25, 0.3) is 10.0 Å². The molecule has 3 aromatic carbocycles. The molecule has 1 N–H and O–H groups in total. The molecule has 0 aliphatic heterocycles. The third-order valence-electron chi connectivity index (χ3n) is 7.49. The van der Waals surface area contributed by atoms with Crippen molar-refractivity contribution in [3.8, 4) is 0 Å². The van der Waals surface area contributed by atoms with Gasteiger partial charge in [0.1, 0.15) is 12.6 Å². The molecule has 40 heavy (non-hydrogen) atoms. The molecule has 0 heterocycles. The third kappa shape index (κ3) is 7.30. The SMILES string of the molecule is Cc1ccc(S(=O)(=O)N(CC(=O)N(Cc2ccccc2)[C@H](C)C(=O)NC2CCCCC2)c2cccc(C)c2)cc1. The molecule has 1 aliphatic rings. The van der Waals surface area contributed by atoms with Crippen molar-refractivity contribution in [1.29, 1.82) is 0 Å². The van der Waals surface area contributed by atoms with Crippen molar-refractivity contribution in [2.75, 3.05) is 10.8 Å². The second-order valence-electron chi connectivity index (χ2n) is 10.7. The summed E-state index contributed by atoms with van der Waals surface area (Å²) in [5, 5.41) is 3.13. The first-order valence-electron chi connectivity index (χ1n) is 13.9. The highest BCUT2D eigenvalue weighted by Gasteiger charge is 2.33. The number of anilines is 1. The molecule has 1 aliphatic carbocycles. The largest absolute Gasteiger partial charge is 0.352 e. The molecule has 212 valence electrons.